The van der Waals surface area contributed by atoms with Gasteiger partial charge >= 0.3 is 0 Å². The molecule has 1 nitrogen and oxygen atoms in total. The minimum atomic E-state index is -1.40. The number of aromatic nitrogens is 1. The summed E-state index contributed by atoms with van der Waals surface area (Å²) in [6.45, 7) is 9.36. The van der Waals surface area contributed by atoms with Crippen LogP contribution >= 0.6 is 0 Å². The Balaban J connectivity index is 1.75. The minimum absolute atomic E-state index is 1.03. The summed E-state index contributed by atoms with van der Waals surface area (Å²) >= 11 is 0. The molecule has 0 spiro atoms. The van der Waals surface area contributed by atoms with E-state index in [-0.39, 0.29) is 0 Å². The highest BCUT2D eigenvalue weighted by molar-refractivity contribution is 6.88. The summed E-state index contributed by atoms with van der Waals surface area (Å²) in [5.74, 6) is 0. The fourth-order valence-electron chi connectivity index (χ4n) is 4.40. The van der Waals surface area contributed by atoms with E-state index < -0.39 is 8.07 Å². The van der Waals surface area contributed by atoms with Gasteiger partial charge in [0.2, 0.25) is 0 Å². The van der Waals surface area contributed by atoms with Gasteiger partial charge in [0.15, 0.2) is 0 Å². The zero-order valence-corrected chi connectivity index (χ0v) is 20.8. The molecular weight excluding hydrogens is 414 g/mol. The second-order valence-electron chi connectivity index (χ2n) is 9.80. The first-order chi connectivity index (χ1) is 15.9. The van der Waals surface area contributed by atoms with Crippen LogP contribution in [0.4, 0.5) is 0 Å². The Bertz CT molecular complexity index is 1430. The van der Waals surface area contributed by atoms with E-state index in [4.69, 9.17) is 4.98 Å². The van der Waals surface area contributed by atoms with Gasteiger partial charge in [0.1, 0.15) is 0 Å². The highest BCUT2D eigenvalue weighted by Gasteiger charge is 2.18. The number of hydrogen-bond acceptors (Lipinski definition) is 1. The summed E-state index contributed by atoms with van der Waals surface area (Å²) in [7, 11) is -1.40. The van der Waals surface area contributed by atoms with Crippen molar-refractivity contribution in [3.63, 3.8) is 0 Å². The molecule has 0 amide bonds. The maximum absolute atomic E-state index is 5.22. The summed E-state index contributed by atoms with van der Waals surface area (Å²) in [4.78, 5) is 5.22. The zero-order chi connectivity index (χ0) is 23.0. The predicted molar refractivity (Wildman–Crippen MR) is 146 cm³/mol. The standard InChI is InChI=1S/C31H29NSi/c1-22-15-16-25(20-28(22)23-11-7-5-8-12-23)31-29(24-13-9-6-10-14-24)21-26-19-27(33(2,3)4)17-18-30(26)32-31/h5-21H,1-4H3. The molecule has 0 saturated carbocycles. The molecule has 0 aliphatic heterocycles. The van der Waals surface area contributed by atoms with Crippen molar-refractivity contribution in [2.24, 2.45) is 0 Å². The molecule has 0 aliphatic rings. The summed E-state index contributed by atoms with van der Waals surface area (Å²) in [6.07, 6.45) is 0. The molecule has 0 N–H and O–H groups in total. The normalized spacial score (nSPS) is 11.6. The highest BCUT2D eigenvalue weighted by Crippen LogP contribution is 2.36. The fraction of sp³-hybridized carbons (Fsp3) is 0.129. The van der Waals surface area contributed by atoms with E-state index in [0.717, 1.165) is 16.8 Å². The quantitative estimate of drug-likeness (QED) is 0.256. The molecule has 1 aromatic heterocycles. The fourth-order valence-corrected chi connectivity index (χ4v) is 5.57. The monoisotopic (exact) mass is 443 g/mol. The van der Waals surface area contributed by atoms with E-state index >= 15 is 0 Å². The average Bonchev–Trinajstić information content (AvgIpc) is 2.84. The lowest BCUT2D eigenvalue weighted by Crippen LogP contribution is -2.37. The number of nitrogens with zero attached hydrogens (tertiary/aromatic N) is 1. The smallest absolute Gasteiger partial charge is 0.0788 e. The topological polar surface area (TPSA) is 12.9 Å². The number of pyridine rings is 1. The molecule has 4 aromatic carbocycles. The van der Waals surface area contributed by atoms with Crippen LogP contribution in [0.15, 0.2) is 103 Å². The molecule has 0 atom stereocenters. The summed E-state index contributed by atoms with van der Waals surface area (Å²) in [5, 5.41) is 2.68. The van der Waals surface area contributed by atoms with Gasteiger partial charge in [-0.1, -0.05) is 110 Å². The van der Waals surface area contributed by atoms with Crippen molar-refractivity contribution in [1.29, 1.82) is 0 Å². The number of benzene rings is 4. The van der Waals surface area contributed by atoms with Gasteiger partial charge in [-0.25, -0.2) is 4.98 Å². The summed E-state index contributed by atoms with van der Waals surface area (Å²) < 4.78 is 0. The summed E-state index contributed by atoms with van der Waals surface area (Å²) in [5.41, 5.74) is 9.36. The van der Waals surface area contributed by atoms with E-state index in [1.807, 2.05) is 0 Å². The first kappa shape index (κ1) is 21.4. The van der Waals surface area contributed by atoms with E-state index in [9.17, 15) is 0 Å². The minimum Gasteiger partial charge on any atom is -0.247 e. The Hall–Kier alpha value is -3.49. The van der Waals surface area contributed by atoms with Gasteiger partial charge in [-0.05, 0) is 47.4 Å². The van der Waals surface area contributed by atoms with Crippen LogP contribution in [0.5, 0.6) is 0 Å². The first-order valence-electron chi connectivity index (χ1n) is 11.6. The predicted octanol–water partition coefficient (Wildman–Crippen LogP) is 8.09. The maximum Gasteiger partial charge on any atom is 0.0788 e. The van der Waals surface area contributed by atoms with Crippen molar-refractivity contribution in [2.45, 2.75) is 26.6 Å². The number of fused-ring (bicyclic) bond motifs is 1. The SMILES string of the molecule is Cc1ccc(-c2nc3ccc([Si](C)(C)C)cc3cc2-c2ccccc2)cc1-c1ccccc1. The first-order valence-corrected chi connectivity index (χ1v) is 15.1. The third-order valence-electron chi connectivity index (χ3n) is 6.36. The molecule has 0 bridgehead atoms. The van der Waals surface area contributed by atoms with Crippen LogP contribution < -0.4 is 5.19 Å². The van der Waals surface area contributed by atoms with Crippen molar-refractivity contribution in [2.75, 3.05) is 0 Å². The highest BCUT2D eigenvalue weighted by atomic mass is 28.3. The molecule has 0 aliphatic carbocycles. The van der Waals surface area contributed by atoms with Crippen molar-refractivity contribution in [1.82, 2.24) is 4.98 Å². The molecular formula is C31H29NSi. The molecule has 0 saturated heterocycles. The molecule has 0 fully saturated rings. The van der Waals surface area contributed by atoms with Gasteiger partial charge in [0.05, 0.1) is 19.3 Å². The summed E-state index contributed by atoms with van der Waals surface area (Å²) in [6, 6.07) is 37.1. The van der Waals surface area contributed by atoms with Crippen LogP contribution in [0, 0.1) is 6.92 Å². The Morgan fingerprint density at radius 3 is 1.85 bits per heavy atom. The number of aryl methyl sites for hydroxylation is 1. The van der Waals surface area contributed by atoms with Gasteiger partial charge < -0.3 is 0 Å². The van der Waals surface area contributed by atoms with Gasteiger partial charge in [0, 0.05) is 16.5 Å². The van der Waals surface area contributed by atoms with Crippen molar-refractivity contribution >= 4 is 24.2 Å². The Morgan fingerprint density at radius 2 is 1.21 bits per heavy atom. The molecule has 5 rings (SSSR count). The van der Waals surface area contributed by atoms with Crippen LogP contribution in [0.2, 0.25) is 19.6 Å². The lowest BCUT2D eigenvalue weighted by molar-refractivity contribution is 1.38. The van der Waals surface area contributed by atoms with Crippen LogP contribution in [0.25, 0.3) is 44.4 Å². The maximum atomic E-state index is 5.22. The van der Waals surface area contributed by atoms with Gasteiger partial charge in [-0.2, -0.15) is 0 Å². The van der Waals surface area contributed by atoms with E-state index in [1.54, 1.807) is 0 Å². The molecule has 2 heteroatoms. The van der Waals surface area contributed by atoms with E-state index in [0.29, 0.717) is 0 Å². The van der Waals surface area contributed by atoms with Crippen molar-refractivity contribution < 1.29 is 0 Å². The van der Waals surface area contributed by atoms with Crippen molar-refractivity contribution in [3.8, 4) is 33.5 Å². The largest absolute Gasteiger partial charge is 0.247 e. The van der Waals surface area contributed by atoms with Gasteiger partial charge in [-0.3, -0.25) is 0 Å². The van der Waals surface area contributed by atoms with Crippen LogP contribution in [0.1, 0.15) is 5.56 Å². The van der Waals surface area contributed by atoms with E-state index in [1.165, 1.54) is 38.4 Å². The lowest BCUT2D eigenvalue weighted by atomic mass is 9.93. The Morgan fingerprint density at radius 1 is 0.576 bits per heavy atom. The Kier molecular flexibility index (Phi) is 5.47. The van der Waals surface area contributed by atoms with Gasteiger partial charge in [0.25, 0.3) is 0 Å². The van der Waals surface area contributed by atoms with Crippen LogP contribution in [-0.4, -0.2) is 13.1 Å². The Labute approximate surface area is 197 Å². The molecule has 0 unspecified atom stereocenters. The van der Waals surface area contributed by atoms with Crippen LogP contribution in [0.3, 0.4) is 0 Å². The molecule has 33 heavy (non-hydrogen) atoms. The van der Waals surface area contributed by atoms with Crippen LogP contribution in [-0.2, 0) is 0 Å². The van der Waals surface area contributed by atoms with Gasteiger partial charge in [-0.15, -0.1) is 0 Å². The molecule has 5 aromatic rings. The second-order valence-corrected chi connectivity index (χ2v) is 14.9. The second kappa shape index (κ2) is 8.46. The average molecular weight is 444 g/mol. The molecule has 0 radical (unpaired) electrons. The molecule has 1 heterocycles. The number of hydrogen-bond donors (Lipinski definition) is 0. The zero-order valence-electron chi connectivity index (χ0n) is 19.8. The number of rotatable bonds is 4. The molecule has 162 valence electrons. The third-order valence-corrected chi connectivity index (χ3v) is 8.40. The lowest BCUT2D eigenvalue weighted by Gasteiger charge is -2.18. The third kappa shape index (κ3) is 4.27. The van der Waals surface area contributed by atoms with Crippen molar-refractivity contribution in [3.05, 3.63) is 109 Å². The van der Waals surface area contributed by atoms with E-state index in [2.05, 4.69) is 130 Å².